The number of allylic oxidation sites excluding steroid dienone is 3. The van der Waals surface area contributed by atoms with E-state index in [-0.39, 0.29) is 0 Å². The average molecular weight is 383 g/mol. The van der Waals surface area contributed by atoms with Crippen LogP contribution in [0.15, 0.2) is 67.3 Å². The molecule has 1 unspecified atom stereocenters. The Hall–Kier alpha value is -1.99. The minimum atomic E-state index is 0.545. The molecular formula is C25H31ClO. The van der Waals surface area contributed by atoms with Crippen LogP contribution in [0, 0.1) is 19.8 Å². The van der Waals surface area contributed by atoms with Gasteiger partial charge in [-0.3, -0.25) is 0 Å². The number of rotatable bonds is 11. The first kappa shape index (κ1) is 21.3. The molecule has 0 aliphatic rings. The molecule has 0 N–H and O–H groups in total. The van der Waals surface area contributed by atoms with E-state index in [1.807, 2.05) is 24.3 Å². The third-order valence-electron chi connectivity index (χ3n) is 4.97. The van der Waals surface area contributed by atoms with Crippen molar-refractivity contribution in [1.82, 2.24) is 0 Å². The summed E-state index contributed by atoms with van der Waals surface area (Å²) in [7, 11) is 0. The quantitative estimate of drug-likeness (QED) is 0.289. The summed E-state index contributed by atoms with van der Waals surface area (Å²) in [4.78, 5) is 0. The van der Waals surface area contributed by atoms with Gasteiger partial charge in [0.15, 0.2) is 0 Å². The predicted molar refractivity (Wildman–Crippen MR) is 118 cm³/mol. The Morgan fingerprint density at radius 1 is 1.00 bits per heavy atom. The minimum Gasteiger partial charge on any atom is -0.494 e. The van der Waals surface area contributed by atoms with Crippen molar-refractivity contribution >= 4 is 11.6 Å². The zero-order chi connectivity index (χ0) is 19.5. The average Bonchev–Trinajstić information content (AvgIpc) is 2.66. The van der Waals surface area contributed by atoms with Crippen molar-refractivity contribution in [2.24, 2.45) is 5.92 Å². The van der Waals surface area contributed by atoms with E-state index in [1.54, 1.807) is 0 Å². The Morgan fingerprint density at radius 3 is 2.37 bits per heavy atom. The normalized spacial score (nSPS) is 12.3. The topological polar surface area (TPSA) is 9.23 Å². The number of aryl methyl sites for hydroxylation is 2. The van der Waals surface area contributed by atoms with Gasteiger partial charge >= 0.3 is 0 Å². The molecule has 0 heterocycles. The number of ether oxygens (including phenoxy) is 1. The van der Waals surface area contributed by atoms with Gasteiger partial charge in [0, 0.05) is 5.02 Å². The van der Waals surface area contributed by atoms with Crippen molar-refractivity contribution in [3.8, 4) is 5.75 Å². The Balaban J connectivity index is 1.64. The lowest BCUT2D eigenvalue weighted by atomic mass is 9.97. The summed E-state index contributed by atoms with van der Waals surface area (Å²) in [5.41, 5.74) is 4.21. The molecule has 0 saturated carbocycles. The van der Waals surface area contributed by atoms with Crippen LogP contribution in [0.5, 0.6) is 5.75 Å². The van der Waals surface area contributed by atoms with Crippen molar-refractivity contribution in [2.75, 3.05) is 6.61 Å². The van der Waals surface area contributed by atoms with Crippen LogP contribution >= 0.6 is 11.6 Å². The van der Waals surface area contributed by atoms with Crippen molar-refractivity contribution in [1.29, 1.82) is 0 Å². The molecule has 1 nitrogen and oxygen atoms in total. The minimum absolute atomic E-state index is 0.545. The first-order valence-electron chi connectivity index (χ1n) is 9.81. The molecule has 0 bridgehead atoms. The number of hydrogen-bond donors (Lipinski definition) is 0. The summed E-state index contributed by atoms with van der Waals surface area (Å²) in [6.45, 7) is 9.11. The molecule has 0 radical (unpaired) electrons. The SMILES string of the molecule is C=CC(CC/C=C/Cc1c(C)cccc1C)CCCOc1ccc(Cl)cc1. The molecule has 0 amide bonds. The maximum Gasteiger partial charge on any atom is 0.119 e. The fourth-order valence-corrected chi connectivity index (χ4v) is 3.37. The number of hydrogen-bond acceptors (Lipinski definition) is 1. The largest absolute Gasteiger partial charge is 0.494 e. The van der Waals surface area contributed by atoms with Crippen LogP contribution in [0.1, 0.15) is 42.4 Å². The highest BCUT2D eigenvalue weighted by Crippen LogP contribution is 2.19. The van der Waals surface area contributed by atoms with E-state index in [1.165, 1.54) is 16.7 Å². The van der Waals surface area contributed by atoms with Gasteiger partial charge in [0.1, 0.15) is 5.75 Å². The van der Waals surface area contributed by atoms with E-state index in [0.717, 1.165) is 49.5 Å². The highest BCUT2D eigenvalue weighted by Gasteiger charge is 2.04. The standard InChI is InChI=1S/C25H31ClO/c1-4-22(13-9-19-27-24-17-15-23(26)16-18-24)12-6-5-7-14-25-20(2)10-8-11-21(25)3/h4-5,7-8,10-11,15-18,22H,1,6,9,12-14,19H2,2-3H3/b7-5+. The zero-order valence-electron chi connectivity index (χ0n) is 16.6. The molecule has 0 aliphatic heterocycles. The molecule has 2 heteroatoms. The Labute approximate surface area is 169 Å². The van der Waals surface area contributed by atoms with Crippen molar-refractivity contribution in [2.45, 2.75) is 46.0 Å². The van der Waals surface area contributed by atoms with E-state index in [9.17, 15) is 0 Å². The Kier molecular flexibility index (Phi) is 9.21. The number of benzene rings is 2. The van der Waals surface area contributed by atoms with Gasteiger partial charge in [0.2, 0.25) is 0 Å². The van der Waals surface area contributed by atoms with Crippen molar-refractivity contribution < 1.29 is 4.74 Å². The van der Waals surface area contributed by atoms with Gasteiger partial charge in [0.05, 0.1) is 6.61 Å². The lowest BCUT2D eigenvalue weighted by molar-refractivity contribution is 0.297. The Morgan fingerprint density at radius 2 is 1.70 bits per heavy atom. The molecular weight excluding hydrogens is 352 g/mol. The zero-order valence-corrected chi connectivity index (χ0v) is 17.3. The fraction of sp³-hybridized carbons (Fsp3) is 0.360. The van der Waals surface area contributed by atoms with Crippen LogP contribution in [-0.2, 0) is 6.42 Å². The van der Waals surface area contributed by atoms with E-state index in [4.69, 9.17) is 16.3 Å². The summed E-state index contributed by atoms with van der Waals surface area (Å²) >= 11 is 5.88. The predicted octanol–water partition coefficient (Wildman–Crippen LogP) is 7.50. The van der Waals surface area contributed by atoms with Gasteiger partial charge in [0.25, 0.3) is 0 Å². The molecule has 1 atom stereocenters. The van der Waals surface area contributed by atoms with Gasteiger partial charge in [-0.1, -0.05) is 48.0 Å². The molecule has 2 aromatic rings. The molecule has 2 aromatic carbocycles. The lowest BCUT2D eigenvalue weighted by Gasteiger charge is -2.12. The second-order valence-corrected chi connectivity index (χ2v) is 7.50. The van der Waals surface area contributed by atoms with Crippen molar-refractivity contribution in [3.63, 3.8) is 0 Å². The third-order valence-corrected chi connectivity index (χ3v) is 5.22. The van der Waals surface area contributed by atoms with Gasteiger partial charge < -0.3 is 4.74 Å². The molecule has 144 valence electrons. The van der Waals surface area contributed by atoms with Crippen LogP contribution in [-0.4, -0.2) is 6.61 Å². The summed E-state index contributed by atoms with van der Waals surface area (Å²) < 4.78 is 5.76. The maximum absolute atomic E-state index is 5.88. The van der Waals surface area contributed by atoms with Crippen LogP contribution in [0.3, 0.4) is 0 Å². The van der Waals surface area contributed by atoms with Gasteiger partial charge in [-0.2, -0.15) is 0 Å². The van der Waals surface area contributed by atoms with Crippen LogP contribution < -0.4 is 4.74 Å². The first-order valence-corrected chi connectivity index (χ1v) is 10.2. The van der Waals surface area contributed by atoms with E-state index in [2.05, 4.69) is 56.9 Å². The summed E-state index contributed by atoms with van der Waals surface area (Å²) in [5.74, 6) is 1.42. The molecule has 0 aromatic heterocycles. The van der Waals surface area contributed by atoms with Gasteiger partial charge in [-0.05, 0) is 92.8 Å². The Bertz CT molecular complexity index is 710. The smallest absolute Gasteiger partial charge is 0.119 e. The second-order valence-electron chi connectivity index (χ2n) is 7.06. The number of halogens is 1. The van der Waals surface area contributed by atoms with E-state index >= 15 is 0 Å². The van der Waals surface area contributed by atoms with Crippen molar-refractivity contribution in [3.05, 3.63) is 89.0 Å². The van der Waals surface area contributed by atoms with Crippen LogP contribution in [0.2, 0.25) is 5.02 Å². The first-order chi connectivity index (χ1) is 13.1. The maximum atomic E-state index is 5.88. The van der Waals surface area contributed by atoms with Crippen LogP contribution in [0.25, 0.3) is 0 Å². The highest BCUT2D eigenvalue weighted by atomic mass is 35.5. The molecule has 0 saturated heterocycles. The van der Waals surface area contributed by atoms with E-state index in [0.29, 0.717) is 5.92 Å². The highest BCUT2D eigenvalue weighted by molar-refractivity contribution is 6.30. The fourth-order valence-electron chi connectivity index (χ4n) is 3.25. The molecule has 0 aliphatic carbocycles. The molecule has 0 fully saturated rings. The van der Waals surface area contributed by atoms with Gasteiger partial charge in [-0.15, -0.1) is 6.58 Å². The molecule has 27 heavy (non-hydrogen) atoms. The third kappa shape index (κ3) is 7.64. The monoisotopic (exact) mass is 382 g/mol. The van der Waals surface area contributed by atoms with Crippen LogP contribution in [0.4, 0.5) is 0 Å². The lowest BCUT2D eigenvalue weighted by Crippen LogP contribution is -2.02. The summed E-state index contributed by atoms with van der Waals surface area (Å²) in [6, 6.07) is 14.0. The van der Waals surface area contributed by atoms with Gasteiger partial charge in [-0.25, -0.2) is 0 Å². The van der Waals surface area contributed by atoms with E-state index < -0.39 is 0 Å². The molecule has 2 rings (SSSR count). The summed E-state index contributed by atoms with van der Waals surface area (Å²) in [6.07, 6.45) is 12.1. The molecule has 0 spiro atoms. The summed E-state index contributed by atoms with van der Waals surface area (Å²) in [5, 5.41) is 0.736. The second kappa shape index (κ2) is 11.7.